The van der Waals surface area contributed by atoms with E-state index in [4.69, 9.17) is 0 Å². The number of likely N-dealkylation sites (tertiary alicyclic amines) is 1. The topological polar surface area (TPSA) is 118 Å². The fourth-order valence-corrected chi connectivity index (χ4v) is 7.15. The van der Waals surface area contributed by atoms with E-state index in [1.54, 1.807) is 42.2 Å². The number of quaternary nitrogens is 1. The molecule has 53 heavy (non-hydrogen) atoms. The maximum absolute atomic E-state index is 14.2. The molecule has 2 aromatic heterocycles. The van der Waals surface area contributed by atoms with Gasteiger partial charge in [0.1, 0.15) is 23.8 Å². The molecule has 0 radical (unpaired) electrons. The molecule has 1 saturated heterocycles. The first-order chi connectivity index (χ1) is 25.2. The van der Waals surface area contributed by atoms with Crippen LogP contribution in [-0.2, 0) is 24.6 Å². The highest BCUT2D eigenvalue weighted by molar-refractivity contribution is 6.02. The summed E-state index contributed by atoms with van der Waals surface area (Å²) in [5.41, 5.74) is 0.147. The number of nitriles is 1. The van der Waals surface area contributed by atoms with Gasteiger partial charge < -0.3 is 14.7 Å². The van der Waals surface area contributed by atoms with Gasteiger partial charge in [0.2, 0.25) is 5.91 Å². The SMILES string of the molecule is C[C@H](NC(=O)c1c(-c2ccnn2-c2ccc(C#N)cc2)n(C)n(-c2cccc(C(F)(F)F)c2)c1=O)C(=O)N1CCC([N+](C)(C)Cc2ccccc2)CC1. The fraction of sp³-hybridized carbons (Fsp3) is 0.308. The van der Waals surface area contributed by atoms with Gasteiger partial charge in [-0.3, -0.25) is 19.1 Å². The van der Waals surface area contributed by atoms with Gasteiger partial charge in [-0.05, 0) is 55.5 Å². The van der Waals surface area contributed by atoms with Gasteiger partial charge in [-0.15, -0.1) is 0 Å². The van der Waals surface area contributed by atoms with Crippen LogP contribution >= 0.6 is 0 Å². The van der Waals surface area contributed by atoms with E-state index in [1.165, 1.54) is 40.3 Å². The normalized spacial score (nSPS) is 14.5. The maximum atomic E-state index is 14.2. The van der Waals surface area contributed by atoms with Gasteiger partial charge >= 0.3 is 6.18 Å². The molecule has 0 aliphatic carbocycles. The summed E-state index contributed by atoms with van der Waals surface area (Å²) in [6, 6.07) is 23.9. The first-order valence-electron chi connectivity index (χ1n) is 17.2. The number of hydrogen-bond donors (Lipinski definition) is 1. The van der Waals surface area contributed by atoms with Crippen LogP contribution < -0.4 is 10.9 Å². The van der Waals surface area contributed by atoms with E-state index in [1.807, 2.05) is 24.3 Å². The zero-order valence-electron chi connectivity index (χ0n) is 29.8. The lowest BCUT2D eigenvalue weighted by atomic mass is 9.99. The molecule has 5 aromatic rings. The predicted molar refractivity (Wildman–Crippen MR) is 192 cm³/mol. The average molecular weight is 726 g/mol. The summed E-state index contributed by atoms with van der Waals surface area (Å²) >= 11 is 0. The van der Waals surface area contributed by atoms with E-state index in [0.29, 0.717) is 30.4 Å². The van der Waals surface area contributed by atoms with Gasteiger partial charge in [0.15, 0.2) is 0 Å². The number of aromatic nitrogens is 4. The van der Waals surface area contributed by atoms with Crippen molar-refractivity contribution in [2.75, 3.05) is 27.2 Å². The number of halogens is 3. The summed E-state index contributed by atoms with van der Waals surface area (Å²) < 4.78 is 45.7. The summed E-state index contributed by atoms with van der Waals surface area (Å²) in [5, 5.41) is 16.4. The first-order valence-corrected chi connectivity index (χ1v) is 17.2. The van der Waals surface area contributed by atoms with E-state index in [2.05, 4.69) is 36.6 Å². The third-order valence-electron chi connectivity index (χ3n) is 9.95. The second kappa shape index (κ2) is 14.6. The van der Waals surface area contributed by atoms with Crippen LogP contribution in [0.2, 0.25) is 0 Å². The minimum absolute atomic E-state index is 0.0608. The van der Waals surface area contributed by atoms with Crippen LogP contribution in [0.15, 0.2) is 95.9 Å². The Hall–Kier alpha value is -5.94. The molecule has 0 spiro atoms. The summed E-state index contributed by atoms with van der Waals surface area (Å²) in [5.74, 6) is -1.17. The van der Waals surface area contributed by atoms with Gasteiger partial charge in [0, 0.05) is 38.5 Å². The average Bonchev–Trinajstić information content (AvgIpc) is 3.72. The number of hydrogen-bond acceptors (Lipinski definition) is 5. The van der Waals surface area contributed by atoms with E-state index < -0.39 is 29.2 Å². The molecule has 11 nitrogen and oxygen atoms in total. The summed E-state index contributed by atoms with van der Waals surface area (Å²) in [7, 11) is 5.84. The summed E-state index contributed by atoms with van der Waals surface area (Å²) in [6.45, 7) is 3.41. The molecule has 1 fully saturated rings. The molecule has 0 bridgehead atoms. The second-order valence-electron chi connectivity index (χ2n) is 13.9. The molecule has 1 aliphatic heterocycles. The van der Waals surface area contributed by atoms with E-state index >= 15 is 0 Å². The zero-order valence-corrected chi connectivity index (χ0v) is 29.8. The summed E-state index contributed by atoms with van der Waals surface area (Å²) in [4.78, 5) is 43.7. The summed E-state index contributed by atoms with van der Waals surface area (Å²) in [6.07, 6.45) is -1.67. The Morgan fingerprint density at radius 1 is 0.981 bits per heavy atom. The van der Waals surface area contributed by atoms with Crippen molar-refractivity contribution in [2.24, 2.45) is 7.05 Å². The molecule has 2 amide bonds. The van der Waals surface area contributed by atoms with E-state index in [-0.39, 0.29) is 28.5 Å². The van der Waals surface area contributed by atoms with Crippen molar-refractivity contribution in [2.45, 2.75) is 44.6 Å². The van der Waals surface area contributed by atoms with Crippen LogP contribution in [0.25, 0.3) is 22.8 Å². The second-order valence-corrected chi connectivity index (χ2v) is 13.9. The highest BCUT2D eigenvalue weighted by Crippen LogP contribution is 2.32. The smallest absolute Gasteiger partial charge is 0.340 e. The Morgan fingerprint density at radius 2 is 1.66 bits per heavy atom. The third kappa shape index (κ3) is 7.52. The molecule has 0 unspecified atom stereocenters. The van der Waals surface area contributed by atoms with Crippen molar-refractivity contribution >= 4 is 11.8 Å². The van der Waals surface area contributed by atoms with Crippen molar-refractivity contribution in [3.63, 3.8) is 0 Å². The predicted octanol–water partition coefficient (Wildman–Crippen LogP) is 5.31. The van der Waals surface area contributed by atoms with Gasteiger partial charge in [-0.25, -0.2) is 9.36 Å². The van der Waals surface area contributed by atoms with Crippen molar-refractivity contribution in [1.82, 2.24) is 29.4 Å². The van der Waals surface area contributed by atoms with Gasteiger partial charge in [-0.2, -0.15) is 23.5 Å². The number of alkyl halides is 3. The molecule has 274 valence electrons. The number of rotatable bonds is 9. The molecule has 1 atom stereocenters. The molecular weight excluding hydrogens is 685 g/mol. The lowest BCUT2D eigenvalue weighted by Crippen LogP contribution is -2.56. The van der Waals surface area contributed by atoms with Gasteiger partial charge in [0.05, 0.1) is 60.6 Å². The highest BCUT2D eigenvalue weighted by Gasteiger charge is 2.36. The number of nitrogens with zero attached hydrogens (tertiary/aromatic N) is 7. The maximum Gasteiger partial charge on any atom is 0.416 e. The van der Waals surface area contributed by atoms with Crippen molar-refractivity contribution in [1.29, 1.82) is 5.26 Å². The minimum atomic E-state index is -4.68. The minimum Gasteiger partial charge on any atom is -0.340 e. The zero-order chi connectivity index (χ0) is 38.1. The molecule has 3 heterocycles. The number of nitrogens with one attached hydrogen (secondary N) is 1. The Kier molecular flexibility index (Phi) is 10.1. The molecule has 14 heteroatoms. The van der Waals surface area contributed by atoms with Crippen LogP contribution in [0.3, 0.4) is 0 Å². The largest absolute Gasteiger partial charge is 0.416 e. The molecule has 1 aliphatic rings. The first kappa shape index (κ1) is 36.8. The molecule has 3 aromatic carbocycles. The quantitative estimate of drug-likeness (QED) is 0.207. The number of piperidine rings is 1. The lowest BCUT2D eigenvalue weighted by molar-refractivity contribution is -0.929. The van der Waals surface area contributed by atoms with Crippen LogP contribution in [0.4, 0.5) is 13.2 Å². The molecule has 1 N–H and O–H groups in total. The Bertz CT molecular complexity index is 2220. The molecule has 0 saturated carbocycles. The van der Waals surface area contributed by atoms with Crippen LogP contribution in [0.1, 0.15) is 46.8 Å². The van der Waals surface area contributed by atoms with Crippen molar-refractivity contribution in [3.8, 4) is 28.8 Å². The molecular formula is C39H40F3N8O3+. The van der Waals surface area contributed by atoms with E-state index in [9.17, 15) is 32.8 Å². The number of carbonyl (C=O) groups is 2. The Labute approximate surface area is 304 Å². The van der Waals surface area contributed by atoms with Crippen LogP contribution in [-0.4, -0.2) is 79.6 Å². The monoisotopic (exact) mass is 725 g/mol. The number of carbonyl (C=O) groups excluding carboxylic acids is 2. The number of amides is 2. The van der Waals surface area contributed by atoms with Gasteiger partial charge in [0.25, 0.3) is 11.5 Å². The van der Waals surface area contributed by atoms with Crippen molar-refractivity contribution < 1.29 is 27.2 Å². The molecule has 6 rings (SSSR count). The number of benzene rings is 3. The Morgan fingerprint density at radius 3 is 2.30 bits per heavy atom. The van der Waals surface area contributed by atoms with Crippen molar-refractivity contribution in [3.05, 3.63) is 124 Å². The highest BCUT2D eigenvalue weighted by atomic mass is 19.4. The third-order valence-corrected chi connectivity index (χ3v) is 9.95. The van der Waals surface area contributed by atoms with Gasteiger partial charge in [-0.1, -0.05) is 36.4 Å². The van der Waals surface area contributed by atoms with Crippen LogP contribution in [0.5, 0.6) is 0 Å². The lowest BCUT2D eigenvalue weighted by Gasteiger charge is -2.43. The Balaban J connectivity index is 1.29. The standard InChI is InChI=1S/C39H39F3N8O3/c1-26(37(52)47-21-18-32(19-22-47)50(3,4)25-28-9-6-5-7-10-28)45-36(51)34-35(33-17-20-44-48(33)30-15-13-27(24-43)14-16-30)46(2)49(38(34)53)31-12-8-11-29(23-31)39(40,41)42/h5-17,20,23,26,32H,18-19,21-22,25H2,1-4H3/p+1/t26-/m0/s1. The fourth-order valence-electron chi connectivity index (χ4n) is 7.15. The van der Waals surface area contributed by atoms with E-state index in [0.717, 1.165) is 40.7 Å². The van der Waals surface area contributed by atoms with Crippen LogP contribution in [0, 0.1) is 11.3 Å².